The van der Waals surface area contributed by atoms with Crippen molar-refractivity contribution in [1.29, 1.82) is 0 Å². The maximum absolute atomic E-state index is 9.04. The molecule has 1 aromatic carbocycles. The minimum absolute atomic E-state index is 0.0426. The van der Waals surface area contributed by atoms with Gasteiger partial charge in [0.1, 0.15) is 5.76 Å². The predicted molar refractivity (Wildman–Crippen MR) is 81.1 cm³/mol. The van der Waals surface area contributed by atoms with Gasteiger partial charge in [0.2, 0.25) is 5.89 Å². The first-order valence-electron chi connectivity index (χ1n) is 6.80. The smallest absolute Gasteiger partial charge is 0.226 e. The summed E-state index contributed by atoms with van der Waals surface area (Å²) in [5.74, 6) is 1.29. The number of halogens is 1. The van der Waals surface area contributed by atoms with Crippen LogP contribution in [0.1, 0.15) is 11.5 Å². The highest BCUT2D eigenvalue weighted by Crippen LogP contribution is 2.23. The van der Waals surface area contributed by atoms with Gasteiger partial charge in [0, 0.05) is 30.2 Å². The molecule has 0 fully saturated rings. The Morgan fingerprint density at radius 1 is 1.14 bits per heavy atom. The zero-order valence-electron chi connectivity index (χ0n) is 11.9. The molecule has 0 saturated carbocycles. The normalized spacial score (nSPS) is 11.3. The Hall–Kier alpha value is -1.40. The molecule has 0 aliphatic carbocycles. The van der Waals surface area contributed by atoms with Crippen LogP contribution in [0.4, 0.5) is 0 Å². The number of oxazole rings is 1. The van der Waals surface area contributed by atoms with Crippen LogP contribution in [0.25, 0.3) is 11.5 Å². The summed E-state index contributed by atoms with van der Waals surface area (Å²) in [6.45, 7) is 3.45. The van der Waals surface area contributed by atoms with E-state index in [2.05, 4.69) is 4.98 Å². The molecule has 5 nitrogen and oxygen atoms in total. The molecule has 0 saturated heterocycles. The van der Waals surface area contributed by atoms with Gasteiger partial charge < -0.3 is 14.6 Å². The first-order valence-corrected chi connectivity index (χ1v) is 7.18. The fraction of sp³-hybridized carbons (Fsp3) is 0.400. The Kier molecular flexibility index (Phi) is 5.76. The van der Waals surface area contributed by atoms with E-state index in [1.807, 2.05) is 24.0 Å². The molecule has 114 valence electrons. The van der Waals surface area contributed by atoms with E-state index in [1.165, 1.54) is 0 Å². The van der Waals surface area contributed by atoms with Crippen LogP contribution in [-0.2, 0) is 6.54 Å². The van der Waals surface area contributed by atoms with Gasteiger partial charge in [-0.1, -0.05) is 11.6 Å². The number of nitrogens with zero attached hydrogens (tertiary/aromatic N) is 2. The second kappa shape index (κ2) is 7.56. The molecular weight excluding hydrogens is 292 g/mol. The molecule has 21 heavy (non-hydrogen) atoms. The predicted octanol–water partition coefficient (Wildman–Crippen LogP) is 2.09. The van der Waals surface area contributed by atoms with E-state index in [4.69, 9.17) is 26.2 Å². The van der Waals surface area contributed by atoms with E-state index in [-0.39, 0.29) is 13.2 Å². The second-order valence-electron chi connectivity index (χ2n) is 4.75. The molecule has 2 aromatic rings. The minimum Gasteiger partial charge on any atom is -0.441 e. The SMILES string of the molecule is Cc1oc(-c2ccc(Cl)cc2)nc1CN(CCO)CCO. The highest BCUT2D eigenvalue weighted by atomic mass is 35.5. The minimum atomic E-state index is 0.0426. The Balaban J connectivity index is 2.16. The summed E-state index contributed by atoms with van der Waals surface area (Å²) in [5, 5.41) is 18.7. The molecule has 0 aliphatic heterocycles. The number of aromatic nitrogens is 1. The van der Waals surface area contributed by atoms with Crippen molar-refractivity contribution in [2.45, 2.75) is 13.5 Å². The standard InChI is InChI=1S/C15H19ClN2O3/c1-11-14(10-18(6-8-19)7-9-20)17-15(21-11)12-2-4-13(16)5-3-12/h2-5,19-20H,6-10H2,1H3. The Labute approximate surface area is 128 Å². The number of rotatable bonds is 7. The summed E-state index contributed by atoms with van der Waals surface area (Å²) in [4.78, 5) is 6.43. The fourth-order valence-corrected chi connectivity index (χ4v) is 2.18. The molecule has 1 heterocycles. The number of aryl methyl sites for hydroxylation is 1. The third kappa shape index (κ3) is 4.28. The van der Waals surface area contributed by atoms with Crippen LogP contribution >= 0.6 is 11.6 Å². The van der Waals surface area contributed by atoms with E-state index < -0.39 is 0 Å². The van der Waals surface area contributed by atoms with Crippen molar-refractivity contribution < 1.29 is 14.6 Å². The summed E-state index contributed by atoms with van der Waals surface area (Å²) in [6, 6.07) is 7.30. The molecule has 0 spiro atoms. The van der Waals surface area contributed by atoms with Gasteiger partial charge in [-0.3, -0.25) is 4.90 Å². The fourth-order valence-electron chi connectivity index (χ4n) is 2.06. The van der Waals surface area contributed by atoms with Gasteiger partial charge in [0.15, 0.2) is 0 Å². The molecule has 0 bridgehead atoms. The third-order valence-corrected chi connectivity index (χ3v) is 3.44. The van der Waals surface area contributed by atoms with Crippen LogP contribution in [0.15, 0.2) is 28.7 Å². The highest BCUT2D eigenvalue weighted by molar-refractivity contribution is 6.30. The second-order valence-corrected chi connectivity index (χ2v) is 5.19. The van der Waals surface area contributed by atoms with E-state index >= 15 is 0 Å². The zero-order chi connectivity index (χ0) is 15.2. The molecule has 0 amide bonds. The van der Waals surface area contributed by atoms with Gasteiger partial charge in [-0.05, 0) is 31.2 Å². The van der Waals surface area contributed by atoms with E-state index in [0.717, 1.165) is 17.0 Å². The van der Waals surface area contributed by atoms with Crippen molar-refractivity contribution in [3.05, 3.63) is 40.7 Å². The first-order chi connectivity index (χ1) is 10.1. The number of benzene rings is 1. The van der Waals surface area contributed by atoms with Gasteiger partial charge in [0.05, 0.1) is 18.9 Å². The molecule has 0 atom stereocenters. The van der Waals surface area contributed by atoms with Gasteiger partial charge in [0.25, 0.3) is 0 Å². The molecule has 0 radical (unpaired) electrons. The van der Waals surface area contributed by atoms with Crippen LogP contribution in [0.2, 0.25) is 5.02 Å². The van der Waals surface area contributed by atoms with Crippen molar-refractivity contribution in [3.8, 4) is 11.5 Å². The molecule has 2 N–H and O–H groups in total. The summed E-state index contributed by atoms with van der Waals surface area (Å²) in [7, 11) is 0. The molecule has 0 unspecified atom stereocenters. The highest BCUT2D eigenvalue weighted by Gasteiger charge is 2.14. The number of aliphatic hydroxyl groups is 2. The number of hydrogen-bond donors (Lipinski definition) is 2. The maximum Gasteiger partial charge on any atom is 0.226 e. The van der Waals surface area contributed by atoms with Crippen molar-refractivity contribution in [2.24, 2.45) is 0 Å². The molecule has 1 aromatic heterocycles. The molecule has 2 rings (SSSR count). The quantitative estimate of drug-likeness (QED) is 0.819. The number of hydrogen-bond acceptors (Lipinski definition) is 5. The van der Waals surface area contributed by atoms with E-state index in [9.17, 15) is 0 Å². The van der Waals surface area contributed by atoms with Crippen molar-refractivity contribution >= 4 is 11.6 Å². The summed E-state index contributed by atoms with van der Waals surface area (Å²) in [6.07, 6.45) is 0. The molecule has 0 aliphatic rings. The van der Waals surface area contributed by atoms with Gasteiger partial charge >= 0.3 is 0 Å². The first kappa shape index (κ1) is 16.0. The van der Waals surface area contributed by atoms with Crippen LogP contribution in [0.5, 0.6) is 0 Å². The molecule has 6 heteroatoms. The van der Waals surface area contributed by atoms with Gasteiger partial charge in [-0.25, -0.2) is 4.98 Å². The van der Waals surface area contributed by atoms with E-state index in [1.54, 1.807) is 12.1 Å². The van der Waals surface area contributed by atoms with Crippen molar-refractivity contribution in [1.82, 2.24) is 9.88 Å². The van der Waals surface area contributed by atoms with Crippen LogP contribution in [0.3, 0.4) is 0 Å². The Morgan fingerprint density at radius 2 is 1.76 bits per heavy atom. The lowest BCUT2D eigenvalue weighted by atomic mass is 10.2. The Morgan fingerprint density at radius 3 is 2.33 bits per heavy atom. The van der Waals surface area contributed by atoms with Crippen LogP contribution < -0.4 is 0 Å². The monoisotopic (exact) mass is 310 g/mol. The lowest BCUT2D eigenvalue weighted by Gasteiger charge is -2.18. The maximum atomic E-state index is 9.04. The lowest BCUT2D eigenvalue weighted by Crippen LogP contribution is -2.29. The van der Waals surface area contributed by atoms with Gasteiger partial charge in [-0.15, -0.1) is 0 Å². The third-order valence-electron chi connectivity index (χ3n) is 3.19. The molecular formula is C15H19ClN2O3. The van der Waals surface area contributed by atoms with Crippen LogP contribution in [-0.4, -0.2) is 46.4 Å². The van der Waals surface area contributed by atoms with Crippen molar-refractivity contribution in [3.63, 3.8) is 0 Å². The lowest BCUT2D eigenvalue weighted by molar-refractivity contribution is 0.154. The summed E-state index contributed by atoms with van der Waals surface area (Å²) >= 11 is 5.87. The van der Waals surface area contributed by atoms with E-state index in [0.29, 0.717) is 30.5 Å². The average molecular weight is 311 g/mol. The summed E-state index contributed by atoms with van der Waals surface area (Å²) < 4.78 is 5.69. The van der Waals surface area contributed by atoms with Crippen LogP contribution in [0, 0.1) is 6.92 Å². The summed E-state index contributed by atoms with van der Waals surface area (Å²) in [5.41, 5.74) is 1.67. The van der Waals surface area contributed by atoms with Gasteiger partial charge in [-0.2, -0.15) is 0 Å². The average Bonchev–Trinajstić information content (AvgIpc) is 2.81. The Bertz CT molecular complexity index is 563. The number of aliphatic hydroxyl groups excluding tert-OH is 2. The largest absolute Gasteiger partial charge is 0.441 e. The van der Waals surface area contributed by atoms with Crippen molar-refractivity contribution in [2.75, 3.05) is 26.3 Å². The zero-order valence-corrected chi connectivity index (χ0v) is 12.7. The topological polar surface area (TPSA) is 69.7 Å².